The first-order valence-electron chi connectivity index (χ1n) is 6.69. The fourth-order valence-corrected chi connectivity index (χ4v) is 1.86. The lowest BCUT2D eigenvalue weighted by molar-refractivity contribution is 0.253. The quantitative estimate of drug-likeness (QED) is 0.827. The van der Waals surface area contributed by atoms with Gasteiger partial charge in [0, 0.05) is 18.8 Å². The standard InChI is InChI=1S/C13H21N5O/c1-4-18(8-11-14-5-6-15-11)9-12-16-13(19-17-12)7-10(2)3/h5-6,10H,4,7-9H2,1-3H3,(H,14,15). The Kier molecular flexibility index (Phi) is 4.68. The SMILES string of the molecule is CCN(Cc1noc(CC(C)C)n1)Cc1ncc[nH]1. The second kappa shape index (κ2) is 6.47. The number of nitrogens with zero attached hydrogens (tertiary/aromatic N) is 4. The van der Waals surface area contributed by atoms with Gasteiger partial charge in [0.15, 0.2) is 5.82 Å². The Labute approximate surface area is 113 Å². The van der Waals surface area contributed by atoms with Crippen LogP contribution >= 0.6 is 0 Å². The Morgan fingerprint density at radius 2 is 2.21 bits per heavy atom. The smallest absolute Gasteiger partial charge is 0.226 e. The van der Waals surface area contributed by atoms with Crippen molar-refractivity contribution in [2.24, 2.45) is 5.92 Å². The molecule has 0 atom stereocenters. The largest absolute Gasteiger partial charge is 0.348 e. The van der Waals surface area contributed by atoms with Crippen LogP contribution < -0.4 is 0 Å². The monoisotopic (exact) mass is 263 g/mol. The molecule has 2 aromatic rings. The number of aromatic amines is 1. The molecule has 0 aliphatic heterocycles. The third-order valence-electron chi connectivity index (χ3n) is 2.83. The average Bonchev–Trinajstić information content (AvgIpc) is 3.00. The van der Waals surface area contributed by atoms with Crippen LogP contribution in [0.2, 0.25) is 0 Å². The van der Waals surface area contributed by atoms with Gasteiger partial charge in [-0.3, -0.25) is 4.90 Å². The lowest BCUT2D eigenvalue weighted by Crippen LogP contribution is -2.23. The molecule has 2 rings (SSSR count). The van der Waals surface area contributed by atoms with Gasteiger partial charge in [0.1, 0.15) is 5.82 Å². The molecule has 0 aliphatic carbocycles. The maximum absolute atomic E-state index is 5.24. The zero-order chi connectivity index (χ0) is 13.7. The minimum absolute atomic E-state index is 0.527. The second-order valence-electron chi connectivity index (χ2n) is 5.04. The van der Waals surface area contributed by atoms with Gasteiger partial charge in [0.25, 0.3) is 0 Å². The van der Waals surface area contributed by atoms with Gasteiger partial charge in [-0.05, 0) is 12.5 Å². The molecule has 0 amide bonds. The summed E-state index contributed by atoms with van der Waals surface area (Å²) in [6.45, 7) is 8.74. The maximum Gasteiger partial charge on any atom is 0.226 e. The van der Waals surface area contributed by atoms with Crippen molar-refractivity contribution in [1.82, 2.24) is 25.0 Å². The van der Waals surface area contributed by atoms with Gasteiger partial charge < -0.3 is 9.51 Å². The van der Waals surface area contributed by atoms with Gasteiger partial charge in [-0.1, -0.05) is 25.9 Å². The Balaban J connectivity index is 1.92. The van der Waals surface area contributed by atoms with Crippen LogP contribution in [0.25, 0.3) is 0 Å². The molecular formula is C13H21N5O. The summed E-state index contributed by atoms with van der Waals surface area (Å²) in [6, 6.07) is 0. The van der Waals surface area contributed by atoms with E-state index in [1.807, 2.05) is 6.20 Å². The third-order valence-corrected chi connectivity index (χ3v) is 2.83. The minimum atomic E-state index is 0.527. The number of nitrogens with one attached hydrogen (secondary N) is 1. The van der Waals surface area contributed by atoms with E-state index in [-0.39, 0.29) is 0 Å². The molecule has 0 saturated heterocycles. The van der Waals surface area contributed by atoms with Crippen LogP contribution in [-0.4, -0.2) is 31.6 Å². The molecule has 6 heteroatoms. The summed E-state index contributed by atoms with van der Waals surface area (Å²) in [4.78, 5) is 14.0. The Bertz CT molecular complexity index is 477. The van der Waals surface area contributed by atoms with Crippen molar-refractivity contribution in [3.05, 3.63) is 29.9 Å². The van der Waals surface area contributed by atoms with Gasteiger partial charge in [-0.25, -0.2) is 4.98 Å². The third kappa shape index (κ3) is 4.17. The number of hydrogen-bond donors (Lipinski definition) is 1. The van der Waals surface area contributed by atoms with Crippen LogP contribution in [0.3, 0.4) is 0 Å². The summed E-state index contributed by atoms with van der Waals surface area (Å²) in [6.07, 6.45) is 4.42. The van der Waals surface area contributed by atoms with Crippen LogP contribution in [0, 0.1) is 5.92 Å². The van der Waals surface area contributed by atoms with Crippen molar-refractivity contribution in [1.29, 1.82) is 0 Å². The van der Waals surface area contributed by atoms with Gasteiger partial charge in [-0.15, -0.1) is 0 Å². The molecule has 0 aromatic carbocycles. The zero-order valence-electron chi connectivity index (χ0n) is 11.8. The van der Waals surface area contributed by atoms with Crippen LogP contribution in [0.5, 0.6) is 0 Å². The molecule has 2 heterocycles. The van der Waals surface area contributed by atoms with Crippen molar-refractivity contribution in [3.8, 4) is 0 Å². The van der Waals surface area contributed by atoms with Crippen LogP contribution in [0.15, 0.2) is 16.9 Å². The van der Waals surface area contributed by atoms with Gasteiger partial charge in [-0.2, -0.15) is 4.98 Å². The maximum atomic E-state index is 5.24. The van der Waals surface area contributed by atoms with E-state index in [9.17, 15) is 0 Å². The second-order valence-corrected chi connectivity index (χ2v) is 5.04. The fourth-order valence-electron chi connectivity index (χ4n) is 1.86. The van der Waals surface area contributed by atoms with Crippen molar-refractivity contribution in [3.63, 3.8) is 0 Å². The number of aromatic nitrogens is 4. The molecule has 19 heavy (non-hydrogen) atoms. The molecule has 0 saturated carbocycles. The molecule has 2 aromatic heterocycles. The van der Waals surface area contributed by atoms with E-state index in [0.717, 1.165) is 37.0 Å². The van der Waals surface area contributed by atoms with E-state index < -0.39 is 0 Å². The Morgan fingerprint density at radius 1 is 1.37 bits per heavy atom. The lowest BCUT2D eigenvalue weighted by Gasteiger charge is -2.16. The van der Waals surface area contributed by atoms with Crippen molar-refractivity contribution in [2.75, 3.05) is 6.54 Å². The molecule has 0 bridgehead atoms. The summed E-state index contributed by atoms with van der Waals surface area (Å²) < 4.78 is 5.24. The van der Waals surface area contributed by atoms with Crippen molar-refractivity contribution >= 4 is 0 Å². The van der Waals surface area contributed by atoms with E-state index >= 15 is 0 Å². The van der Waals surface area contributed by atoms with Crippen molar-refractivity contribution in [2.45, 2.75) is 40.3 Å². The van der Waals surface area contributed by atoms with E-state index in [1.165, 1.54) is 0 Å². The van der Waals surface area contributed by atoms with E-state index in [0.29, 0.717) is 12.5 Å². The highest BCUT2D eigenvalue weighted by Gasteiger charge is 2.12. The molecule has 1 N–H and O–H groups in total. The summed E-state index contributed by atoms with van der Waals surface area (Å²) in [7, 11) is 0. The zero-order valence-corrected chi connectivity index (χ0v) is 11.8. The number of rotatable bonds is 7. The highest BCUT2D eigenvalue weighted by molar-refractivity contribution is 4.90. The van der Waals surface area contributed by atoms with Gasteiger partial charge in [0.2, 0.25) is 5.89 Å². The van der Waals surface area contributed by atoms with E-state index in [4.69, 9.17) is 4.52 Å². The number of H-pyrrole nitrogens is 1. The molecular weight excluding hydrogens is 242 g/mol. The van der Waals surface area contributed by atoms with Crippen molar-refractivity contribution < 1.29 is 4.52 Å². The Morgan fingerprint density at radius 3 is 2.84 bits per heavy atom. The topological polar surface area (TPSA) is 70.8 Å². The minimum Gasteiger partial charge on any atom is -0.348 e. The van der Waals surface area contributed by atoms with E-state index in [1.54, 1.807) is 6.20 Å². The predicted octanol–water partition coefficient (Wildman–Crippen LogP) is 2.01. The first-order valence-corrected chi connectivity index (χ1v) is 6.69. The summed E-state index contributed by atoms with van der Waals surface area (Å²) in [5.74, 6) is 2.94. The number of imidazole rings is 1. The van der Waals surface area contributed by atoms with E-state index in [2.05, 4.69) is 45.8 Å². The summed E-state index contributed by atoms with van der Waals surface area (Å²) >= 11 is 0. The highest BCUT2D eigenvalue weighted by Crippen LogP contribution is 2.08. The molecule has 0 unspecified atom stereocenters. The fraction of sp³-hybridized carbons (Fsp3) is 0.615. The van der Waals surface area contributed by atoms with Crippen LogP contribution in [0.1, 0.15) is 38.3 Å². The molecule has 0 fully saturated rings. The first-order chi connectivity index (χ1) is 9.17. The molecule has 0 spiro atoms. The Hall–Kier alpha value is -1.69. The first kappa shape index (κ1) is 13.7. The van der Waals surface area contributed by atoms with Crippen LogP contribution in [0.4, 0.5) is 0 Å². The highest BCUT2D eigenvalue weighted by atomic mass is 16.5. The van der Waals surface area contributed by atoms with Gasteiger partial charge in [0.05, 0.1) is 13.1 Å². The molecule has 0 radical (unpaired) electrons. The molecule has 6 nitrogen and oxygen atoms in total. The molecule has 104 valence electrons. The predicted molar refractivity (Wildman–Crippen MR) is 71.2 cm³/mol. The average molecular weight is 263 g/mol. The van der Waals surface area contributed by atoms with Gasteiger partial charge >= 0.3 is 0 Å². The normalized spacial score (nSPS) is 11.6. The summed E-state index contributed by atoms with van der Waals surface area (Å²) in [5, 5.41) is 4.03. The lowest BCUT2D eigenvalue weighted by atomic mass is 10.1. The number of hydrogen-bond acceptors (Lipinski definition) is 5. The molecule has 0 aliphatic rings. The van der Waals surface area contributed by atoms with Crippen LogP contribution in [-0.2, 0) is 19.5 Å². The summed E-state index contributed by atoms with van der Waals surface area (Å²) in [5.41, 5.74) is 0.